The molecule has 1 rings (SSSR count). The first-order valence-electron chi connectivity index (χ1n) is 9.37. The van der Waals surface area contributed by atoms with Gasteiger partial charge in [-0.3, -0.25) is 4.79 Å². The Hall–Kier alpha value is 0.360. The Balaban J connectivity index is 2.33. The number of unbranched alkanes of at least 4 members (excludes halogenated alkanes) is 5. The zero-order valence-electron chi connectivity index (χ0n) is 14.6. The van der Waals surface area contributed by atoms with Crippen LogP contribution in [0, 0.1) is 11.8 Å². The fraction of sp³-hybridized carbons (Fsp3) is 0.947. The van der Waals surface area contributed by atoms with Crippen molar-refractivity contribution in [3.05, 3.63) is 0 Å². The van der Waals surface area contributed by atoms with Crippen LogP contribution in [0.4, 0.5) is 0 Å². The van der Waals surface area contributed by atoms with Gasteiger partial charge < -0.3 is 4.74 Å². The molecule has 2 unspecified atom stereocenters. The first-order valence-corrected chi connectivity index (χ1v) is 10.6. The molecular formula is C19H35IO2. The molecule has 0 aromatic heterocycles. The molecule has 3 heteroatoms. The lowest BCUT2D eigenvalue weighted by Gasteiger charge is -2.30. The fourth-order valence-electron chi connectivity index (χ4n) is 3.65. The minimum atomic E-state index is 0.146. The third-order valence-corrected chi connectivity index (χ3v) is 6.29. The van der Waals surface area contributed by atoms with Crippen LogP contribution in [0.25, 0.3) is 0 Å². The van der Waals surface area contributed by atoms with Crippen molar-refractivity contribution in [2.75, 3.05) is 13.7 Å². The Kier molecular flexibility index (Phi) is 11.8. The molecule has 0 aromatic rings. The number of alkyl halides is 1. The van der Waals surface area contributed by atoms with E-state index < -0.39 is 0 Å². The standard InChI is InChI=1S/C19H35IO2/c1-3-4-5-6-7-11-14-18(20)19(21)17(15-22-2)16-12-9-8-10-13-16/h16-18H,3-15H2,1-2H3. The largest absolute Gasteiger partial charge is 0.384 e. The predicted octanol–water partition coefficient (Wildman–Crippen LogP) is 5.95. The molecule has 1 aliphatic rings. The van der Waals surface area contributed by atoms with Crippen molar-refractivity contribution in [1.29, 1.82) is 0 Å². The lowest BCUT2D eigenvalue weighted by atomic mass is 9.77. The van der Waals surface area contributed by atoms with Crippen LogP contribution in [-0.4, -0.2) is 23.4 Å². The van der Waals surface area contributed by atoms with E-state index >= 15 is 0 Å². The summed E-state index contributed by atoms with van der Waals surface area (Å²) in [6, 6.07) is 0. The average molecular weight is 422 g/mol. The number of ketones is 1. The maximum atomic E-state index is 12.8. The molecule has 130 valence electrons. The predicted molar refractivity (Wildman–Crippen MR) is 103 cm³/mol. The highest BCUT2D eigenvalue weighted by molar-refractivity contribution is 14.1. The second-order valence-corrected chi connectivity index (χ2v) is 8.39. The Morgan fingerprint density at radius 1 is 1.09 bits per heavy atom. The lowest BCUT2D eigenvalue weighted by molar-refractivity contribution is -0.126. The van der Waals surface area contributed by atoms with E-state index in [-0.39, 0.29) is 9.84 Å². The summed E-state index contributed by atoms with van der Waals surface area (Å²) >= 11 is 2.38. The van der Waals surface area contributed by atoms with Gasteiger partial charge in [-0.2, -0.15) is 0 Å². The van der Waals surface area contributed by atoms with Gasteiger partial charge >= 0.3 is 0 Å². The van der Waals surface area contributed by atoms with Crippen LogP contribution in [0.5, 0.6) is 0 Å². The van der Waals surface area contributed by atoms with Crippen LogP contribution in [-0.2, 0) is 9.53 Å². The van der Waals surface area contributed by atoms with Crippen LogP contribution in [0.3, 0.4) is 0 Å². The zero-order valence-corrected chi connectivity index (χ0v) is 16.8. The van der Waals surface area contributed by atoms with Crippen LogP contribution in [0.1, 0.15) is 84.0 Å². The molecule has 1 aliphatic carbocycles. The van der Waals surface area contributed by atoms with E-state index in [1.807, 2.05) is 0 Å². The molecule has 0 bridgehead atoms. The van der Waals surface area contributed by atoms with Crippen molar-refractivity contribution in [3.63, 3.8) is 0 Å². The van der Waals surface area contributed by atoms with Crippen LogP contribution < -0.4 is 0 Å². The molecule has 0 radical (unpaired) electrons. The van der Waals surface area contributed by atoms with Gasteiger partial charge in [-0.1, -0.05) is 87.3 Å². The lowest BCUT2D eigenvalue weighted by Crippen LogP contribution is -2.34. The zero-order chi connectivity index (χ0) is 16.2. The highest BCUT2D eigenvalue weighted by Gasteiger charge is 2.32. The Morgan fingerprint density at radius 2 is 1.73 bits per heavy atom. The number of methoxy groups -OCH3 is 1. The van der Waals surface area contributed by atoms with E-state index in [2.05, 4.69) is 29.5 Å². The van der Waals surface area contributed by atoms with Crippen molar-refractivity contribution in [2.24, 2.45) is 11.8 Å². The van der Waals surface area contributed by atoms with E-state index in [1.54, 1.807) is 7.11 Å². The van der Waals surface area contributed by atoms with Crippen molar-refractivity contribution in [1.82, 2.24) is 0 Å². The molecule has 0 saturated heterocycles. The molecular weight excluding hydrogens is 387 g/mol. The van der Waals surface area contributed by atoms with E-state index in [0.717, 1.165) is 6.42 Å². The highest BCUT2D eigenvalue weighted by atomic mass is 127. The van der Waals surface area contributed by atoms with E-state index in [0.29, 0.717) is 18.3 Å². The number of carbonyl (C=O) groups is 1. The summed E-state index contributed by atoms with van der Waals surface area (Å²) in [5.74, 6) is 1.18. The van der Waals surface area contributed by atoms with Crippen molar-refractivity contribution < 1.29 is 9.53 Å². The van der Waals surface area contributed by atoms with E-state index in [1.165, 1.54) is 70.6 Å². The second-order valence-electron chi connectivity index (χ2n) is 6.89. The van der Waals surface area contributed by atoms with Gasteiger partial charge in [0.25, 0.3) is 0 Å². The summed E-state index contributed by atoms with van der Waals surface area (Å²) in [6.07, 6.45) is 15.2. The van der Waals surface area contributed by atoms with Crippen molar-refractivity contribution in [3.8, 4) is 0 Å². The van der Waals surface area contributed by atoms with Gasteiger partial charge in [-0.05, 0) is 25.2 Å². The van der Waals surface area contributed by atoms with Gasteiger partial charge in [0.15, 0.2) is 5.78 Å². The summed E-state index contributed by atoms with van der Waals surface area (Å²) in [6.45, 7) is 2.88. The number of ether oxygens (including phenoxy) is 1. The quantitative estimate of drug-likeness (QED) is 0.221. The molecule has 2 atom stereocenters. The third-order valence-electron chi connectivity index (χ3n) is 5.05. The second kappa shape index (κ2) is 12.7. The summed E-state index contributed by atoms with van der Waals surface area (Å²) < 4.78 is 5.56. The molecule has 0 spiro atoms. The first-order chi connectivity index (χ1) is 10.7. The van der Waals surface area contributed by atoms with E-state index in [4.69, 9.17) is 4.74 Å². The molecule has 0 amide bonds. The summed E-state index contributed by atoms with van der Waals surface area (Å²) in [5.41, 5.74) is 0. The normalized spacial score (nSPS) is 19.0. The molecule has 1 saturated carbocycles. The Bertz CT molecular complexity index is 287. The summed E-state index contributed by atoms with van der Waals surface area (Å²) in [7, 11) is 1.74. The number of hydrogen-bond acceptors (Lipinski definition) is 2. The summed E-state index contributed by atoms with van der Waals surface area (Å²) in [5, 5.41) is 0. The Labute approximate surface area is 151 Å². The number of rotatable bonds is 12. The van der Waals surface area contributed by atoms with Crippen LogP contribution in [0.15, 0.2) is 0 Å². The van der Waals surface area contributed by atoms with Gasteiger partial charge in [-0.15, -0.1) is 0 Å². The third kappa shape index (κ3) is 7.76. The van der Waals surface area contributed by atoms with Crippen LogP contribution >= 0.6 is 22.6 Å². The van der Waals surface area contributed by atoms with Crippen molar-refractivity contribution in [2.45, 2.75) is 87.9 Å². The van der Waals surface area contributed by atoms with Gasteiger partial charge in [0.2, 0.25) is 0 Å². The Morgan fingerprint density at radius 3 is 2.36 bits per heavy atom. The van der Waals surface area contributed by atoms with Crippen molar-refractivity contribution >= 4 is 28.4 Å². The number of hydrogen-bond donors (Lipinski definition) is 0. The fourth-order valence-corrected chi connectivity index (χ4v) is 4.55. The molecule has 0 N–H and O–H groups in total. The summed E-state index contributed by atoms with van der Waals surface area (Å²) in [4.78, 5) is 12.8. The highest BCUT2D eigenvalue weighted by Crippen LogP contribution is 2.33. The average Bonchev–Trinajstić information content (AvgIpc) is 2.55. The maximum Gasteiger partial charge on any atom is 0.151 e. The number of Topliss-reactive ketones (excluding diaryl/α,β-unsaturated/α-hetero) is 1. The van der Waals surface area contributed by atoms with Gasteiger partial charge in [0.05, 0.1) is 10.5 Å². The molecule has 0 heterocycles. The van der Waals surface area contributed by atoms with Gasteiger partial charge in [0.1, 0.15) is 0 Å². The number of carbonyl (C=O) groups excluding carboxylic acids is 1. The molecule has 22 heavy (non-hydrogen) atoms. The maximum absolute atomic E-state index is 12.8. The molecule has 0 aromatic carbocycles. The topological polar surface area (TPSA) is 26.3 Å². The minimum Gasteiger partial charge on any atom is -0.384 e. The molecule has 2 nitrogen and oxygen atoms in total. The van der Waals surface area contributed by atoms with E-state index in [9.17, 15) is 4.79 Å². The van der Waals surface area contributed by atoms with Gasteiger partial charge in [0, 0.05) is 13.0 Å². The minimum absolute atomic E-state index is 0.146. The molecule has 0 aliphatic heterocycles. The number of halogens is 1. The monoisotopic (exact) mass is 422 g/mol. The molecule has 1 fully saturated rings. The van der Waals surface area contributed by atoms with Gasteiger partial charge in [-0.25, -0.2) is 0 Å². The SMILES string of the molecule is CCCCCCCCC(I)C(=O)C(COC)C1CCCCC1. The smallest absolute Gasteiger partial charge is 0.151 e. The van der Waals surface area contributed by atoms with Crippen LogP contribution in [0.2, 0.25) is 0 Å². The first kappa shape index (κ1) is 20.4.